The Balaban J connectivity index is 2.82. The van der Waals surface area contributed by atoms with Crippen LogP contribution >= 0.6 is 15.9 Å². The molecule has 0 heterocycles. The first-order valence-electron chi connectivity index (χ1n) is 5.95. The second-order valence-electron chi connectivity index (χ2n) is 3.89. The second-order valence-corrected chi connectivity index (χ2v) is 4.80. The average Bonchev–Trinajstić information content (AvgIpc) is 2.30. The van der Waals surface area contributed by atoms with Crippen molar-refractivity contribution in [3.8, 4) is 5.75 Å². The fourth-order valence-corrected chi connectivity index (χ4v) is 2.00. The fourth-order valence-electron chi connectivity index (χ4n) is 1.66. The van der Waals surface area contributed by atoms with E-state index in [0.29, 0.717) is 12.6 Å². The highest BCUT2D eigenvalue weighted by atomic mass is 79.9. The van der Waals surface area contributed by atoms with E-state index in [0.717, 1.165) is 23.2 Å². The summed E-state index contributed by atoms with van der Waals surface area (Å²) in [5, 5.41) is 3.40. The van der Waals surface area contributed by atoms with Crippen molar-refractivity contribution in [1.82, 2.24) is 5.32 Å². The number of halogens is 1. The molecule has 0 fully saturated rings. The summed E-state index contributed by atoms with van der Waals surface area (Å²) < 4.78 is 6.82. The Bertz CT molecular complexity index is 365. The van der Waals surface area contributed by atoms with Crippen molar-refractivity contribution in [2.45, 2.75) is 26.3 Å². The molecule has 0 spiro atoms. The average molecular weight is 298 g/mol. The summed E-state index contributed by atoms with van der Waals surface area (Å²) in [7, 11) is 0. The summed E-state index contributed by atoms with van der Waals surface area (Å²) in [6.45, 7) is 9.57. The van der Waals surface area contributed by atoms with Crippen LogP contribution in [0.1, 0.15) is 31.9 Å². The second kappa shape index (κ2) is 7.51. The van der Waals surface area contributed by atoms with Crippen molar-refractivity contribution >= 4 is 15.9 Å². The maximum Gasteiger partial charge on any atom is 0.125 e. The van der Waals surface area contributed by atoms with Gasteiger partial charge >= 0.3 is 0 Å². The lowest BCUT2D eigenvalue weighted by Gasteiger charge is -2.17. The van der Waals surface area contributed by atoms with Crippen molar-refractivity contribution in [2.75, 3.05) is 13.2 Å². The maximum absolute atomic E-state index is 5.78. The topological polar surface area (TPSA) is 21.3 Å². The van der Waals surface area contributed by atoms with Gasteiger partial charge in [0.15, 0.2) is 0 Å². The lowest BCUT2D eigenvalue weighted by molar-refractivity contribution is 0.318. The lowest BCUT2D eigenvalue weighted by atomic mass is 10.1. The molecule has 17 heavy (non-hydrogen) atoms. The summed E-state index contributed by atoms with van der Waals surface area (Å²) in [5.74, 6) is 0.940. The molecule has 1 aromatic carbocycles. The van der Waals surface area contributed by atoms with E-state index in [1.165, 1.54) is 5.56 Å². The highest BCUT2D eigenvalue weighted by Crippen LogP contribution is 2.28. The molecule has 0 radical (unpaired) electrons. The first-order chi connectivity index (χ1) is 8.19. The zero-order valence-electron chi connectivity index (χ0n) is 10.5. The molecule has 1 N–H and O–H groups in total. The number of rotatable bonds is 7. The minimum atomic E-state index is 0.298. The monoisotopic (exact) mass is 297 g/mol. The van der Waals surface area contributed by atoms with Crippen LogP contribution in [-0.4, -0.2) is 13.2 Å². The quantitative estimate of drug-likeness (QED) is 0.605. The summed E-state index contributed by atoms with van der Waals surface area (Å²) in [6.07, 6.45) is 2.73. The Labute approximate surface area is 112 Å². The molecule has 1 aromatic rings. The summed E-state index contributed by atoms with van der Waals surface area (Å²) >= 11 is 3.47. The van der Waals surface area contributed by atoms with Gasteiger partial charge in [-0.3, -0.25) is 0 Å². The molecule has 0 aliphatic heterocycles. The Morgan fingerprint density at radius 1 is 1.53 bits per heavy atom. The van der Waals surface area contributed by atoms with Crippen LogP contribution < -0.4 is 10.1 Å². The number of benzene rings is 1. The van der Waals surface area contributed by atoms with E-state index in [9.17, 15) is 0 Å². The molecule has 3 heteroatoms. The predicted molar refractivity (Wildman–Crippen MR) is 76.5 cm³/mol. The van der Waals surface area contributed by atoms with E-state index in [4.69, 9.17) is 4.74 Å². The summed E-state index contributed by atoms with van der Waals surface area (Å²) in [5.41, 5.74) is 1.19. The number of hydrogen-bond donors (Lipinski definition) is 1. The molecule has 0 amide bonds. The molecule has 0 aliphatic carbocycles. The smallest absolute Gasteiger partial charge is 0.125 e. The van der Waals surface area contributed by atoms with Crippen LogP contribution in [0.5, 0.6) is 5.75 Å². The Kier molecular flexibility index (Phi) is 6.30. The van der Waals surface area contributed by atoms with Crippen molar-refractivity contribution in [2.24, 2.45) is 0 Å². The third-order valence-electron chi connectivity index (χ3n) is 2.53. The first-order valence-corrected chi connectivity index (χ1v) is 6.74. The van der Waals surface area contributed by atoms with E-state index in [-0.39, 0.29) is 0 Å². The first kappa shape index (κ1) is 14.3. The van der Waals surface area contributed by atoms with E-state index in [1.54, 1.807) is 0 Å². The fraction of sp³-hybridized carbons (Fsp3) is 0.429. The molecule has 1 rings (SSSR count). The Morgan fingerprint density at radius 3 is 2.94 bits per heavy atom. The van der Waals surface area contributed by atoms with Gasteiger partial charge < -0.3 is 10.1 Å². The molecule has 0 aliphatic rings. The molecule has 1 atom stereocenters. The molecule has 0 saturated carbocycles. The van der Waals surface area contributed by atoms with Crippen molar-refractivity contribution in [3.63, 3.8) is 0 Å². The molecule has 0 saturated heterocycles. The third kappa shape index (κ3) is 4.52. The predicted octanol–water partition coefficient (Wildman–Crippen LogP) is 4.07. The highest BCUT2D eigenvalue weighted by Gasteiger charge is 2.11. The number of ether oxygens (including phenoxy) is 1. The molecule has 0 bridgehead atoms. The van der Waals surface area contributed by atoms with Crippen LogP contribution in [0.25, 0.3) is 0 Å². The minimum Gasteiger partial charge on any atom is -0.493 e. The van der Waals surface area contributed by atoms with Gasteiger partial charge in [-0.05, 0) is 32.0 Å². The normalized spacial score (nSPS) is 12.2. The van der Waals surface area contributed by atoms with E-state index < -0.39 is 0 Å². The van der Waals surface area contributed by atoms with Gasteiger partial charge in [0.25, 0.3) is 0 Å². The van der Waals surface area contributed by atoms with Crippen molar-refractivity contribution < 1.29 is 4.74 Å². The van der Waals surface area contributed by atoms with Crippen molar-refractivity contribution in [1.29, 1.82) is 0 Å². The van der Waals surface area contributed by atoms with Gasteiger partial charge in [-0.15, -0.1) is 6.58 Å². The highest BCUT2D eigenvalue weighted by molar-refractivity contribution is 9.10. The van der Waals surface area contributed by atoms with Gasteiger partial charge in [0, 0.05) is 16.1 Å². The number of hydrogen-bond acceptors (Lipinski definition) is 2. The zero-order valence-corrected chi connectivity index (χ0v) is 12.1. The molecule has 1 unspecified atom stereocenters. The summed E-state index contributed by atoms with van der Waals surface area (Å²) in [4.78, 5) is 0. The van der Waals surface area contributed by atoms with E-state index in [2.05, 4.69) is 47.7 Å². The van der Waals surface area contributed by atoms with Gasteiger partial charge in [0.2, 0.25) is 0 Å². The Morgan fingerprint density at radius 2 is 2.29 bits per heavy atom. The van der Waals surface area contributed by atoms with Crippen LogP contribution in [0.15, 0.2) is 35.3 Å². The van der Waals surface area contributed by atoms with Crippen molar-refractivity contribution in [3.05, 3.63) is 40.9 Å². The van der Waals surface area contributed by atoms with E-state index >= 15 is 0 Å². The molecular formula is C14H20BrNO. The lowest BCUT2D eigenvalue weighted by Crippen LogP contribution is -2.18. The van der Waals surface area contributed by atoms with Crippen LogP contribution in [0, 0.1) is 0 Å². The van der Waals surface area contributed by atoms with Gasteiger partial charge in [-0.1, -0.05) is 35.0 Å². The molecular weight excluding hydrogens is 278 g/mol. The molecule has 94 valence electrons. The van der Waals surface area contributed by atoms with Crippen LogP contribution in [0.4, 0.5) is 0 Å². The largest absolute Gasteiger partial charge is 0.493 e. The van der Waals surface area contributed by atoms with Gasteiger partial charge in [0.1, 0.15) is 5.75 Å². The molecule has 2 nitrogen and oxygen atoms in total. The third-order valence-corrected chi connectivity index (χ3v) is 3.03. The van der Waals surface area contributed by atoms with Gasteiger partial charge in [-0.2, -0.15) is 0 Å². The number of nitrogens with one attached hydrogen (secondary N) is 1. The molecule has 0 aromatic heterocycles. The van der Waals surface area contributed by atoms with Crippen LogP contribution in [0.2, 0.25) is 0 Å². The van der Waals surface area contributed by atoms with Crippen LogP contribution in [-0.2, 0) is 0 Å². The maximum atomic E-state index is 5.78. The van der Waals surface area contributed by atoms with Gasteiger partial charge in [0.05, 0.1) is 6.61 Å². The minimum absolute atomic E-state index is 0.298. The van der Waals surface area contributed by atoms with Crippen LogP contribution in [0.3, 0.4) is 0 Å². The SMILES string of the molecule is C=CCCOc1cc(Br)ccc1C(C)NCC. The van der Waals surface area contributed by atoms with Gasteiger partial charge in [-0.25, -0.2) is 0 Å². The summed E-state index contributed by atoms with van der Waals surface area (Å²) in [6, 6.07) is 6.46. The Hall–Kier alpha value is -0.800. The van der Waals surface area contributed by atoms with E-state index in [1.807, 2.05) is 18.2 Å². The standard InChI is InChI=1S/C14H20BrNO/c1-4-6-9-17-14-10-12(15)7-8-13(14)11(3)16-5-2/h4,7-8,10-11,16H,1,5-6,9H2,2-3H3. The zero-order chi connectivity index (χ0) is 12.7.